The largest absolute Gasteiger partial charge is 0.493 e. The number of para-hydroxylation sites is 1. The summed E-state index contributed by atoms with van der Waals surface area (Å²) in [5, 5.41) is 0. The summed E-state index contributed by atoms with van der Waals surface area (Å²) in [6, 6.07) is 7.95. The highest BCUT2D eigenvalue weighted by Crippen LogP contribution is 2.29. The van der Waals surface area contributed by atoms with Crippen LogP contribution in [0.15, 0.2) is 36.6 Å². The van der Waals surface area contributed by atoms with E-state index in [2.05, 4.69) is 6.26 Å². The molecular formula is C13H13O2. The van der Waals surface area contributed by atoms with Crippen molar-refractivity contribution in [2.45, 2.75) is 13.3 Å². The van der Waals surface area contributed by atoms with Crippen LogP contribution in [0.2, 0.25) is 0 Å². The smallest absolute Gasteiger partial charge is 0.173 e. The Morgan fingerprint density at radius 1 is 1.40 bits per heavy atom. The summed E-state index contributed by atoms with van der Waals surface area (Å²) in [5.74, 6) is 0.890. The molecule has 77 valence electrons. The predicted molar refractivity (Wildman–Crippen MR) is 59.1 cm³/mol. The first-order valence-electron chi connectivity index (χ1n) is 5.06. The molecule has 1 aliphatic heterocycles. The Labute approximate surface area is 89.8 Å². The first-order chi connectivity index (χ1) is 7.42. The summed E-state index contributed by atoms with van der Waals surface area (Å²) < 4.78 is 10.6. The van der Waals surface area contributed by atoms with Crippen LogP contribution in [0, 0.1) is 6.26 Å². The van der Waals surface area contributed by atoms with Gasteiger partial charge in [-0.15, -0.1) is 0 Å². The Balaban J connectivity index is 2.30. The Morgan fingerprint density at radius 2 is 2.27 bits per heavy atom. The van der Waals surface area contributed by atoms with Gasteiger partial charge in [0, 0.05) is 11.1 Å². The minimum atomic E-state index is 0.668. The van der Waals surface area contributed by atoms with Gasteiger partial charge in [-0.3, -0.25) is 0 Å². The lowest BCUT2D eigenvalue weighted by molar-refractivity contribution is 0.338. The van der Waals surface area contributed by atoms with Crippen molar-refractivity contribution in [1.82, 2.24) is 0 Å². The summed E-state index contributed by atoms with van der Waals surface area (Å²) in [4.78, 5) is 0. The molecule has 0 amide bonds. The van der Waals surface area contributed by atoms with E-state index in [0.717, 1.165) is 23.3 Å². The van der Waals surface area contributed by atoms with Crippen LogP contribution in [0.25, 0.3) is 5.57 Å². The third-order valence-corrected chi connectivity index (χ3v) is 2.18. The summed E-state index contributed by atoms with van der Waals surface area (Å²) in [6.07, 6.45) is 7.33. The second-order valence-corrected chi connectivity index (χ2v) is 3.20. The SMILES string of the molecule is CCOc1ccccc1C1=[C]OC=CC1. The molecule has 2 rings (SSSR count). The Kier molecular flexibility index (Phi) is 3.08. The summed E-state index contributed by atoms with van der Waals surface area (Å²) in [7, 11) is 0. The standard InChI is InChI=1S/C13H13O2/c1-2-15-13-8-4-3-7-12(13)11-6-5-9-14-10-11/h3-5,7-9H,2,6H2,1H3. The number of benzene rings is 1. The molecule has 0 saturated carbocycles. The van der Waals surface area contributed by atoms with E-state index < -0.39 is 0 Å². The lowest BCUT2D eigenvalue weighted by Gasteiger charge is -2.12. The topological polar surface area (TPSA) is 18.5 Å². The molecule has 0 aliphatic carbocycles. The van der Waals surface area contributed by atoms with E-state index >= 15 is 0 Å². The van der Waals surface area contributed by atoms with Gasteiger partial charge in [-0.2, -0.15) is 0 Å². The normalized spacial score (nSPS) is 14.3. The molecule has 0 spiro atoms. The zero-order valence-corrected chi connectivity index (χ0v) is 8.69. The molecule has 1 heterocycles. The van der Waals surface area contributed by atoms with Crippen LogP contribution in [0.1, 0.15) is 18.9 Å². The van der Waals surface area contributed by atoms with Crippen LogP contribution in [0.5, 0.6) is 5.75 Å². The second-order valence-electron chi connectivity index (χ2n) is 3.20. The van der Waals surface area contributed by atoms with Crippen molar-refractivity contribution in [2.24, 2.45) is 0 Å². The quantitative estimate of drug-likeness (QED) is 0.747. The van der Waals surface area contributed by atoms with Gasteiger partial charge in [0.1, 0.15) is 5.75 Å². The Hall–Kier alpha value is -1.70. The molecule has 0 saturated heterocycles. The lowest BCUT2D eigenvalue weighted by Crippen LogP contribution is -1.97. The first-order valence-corrected chi connectivity index (χ1v) is 5.06. The molecule has 2 nitrogen and oxygen atoms in total. The average molecular weight is 201 g/mol. The molecule has 0 bridgehead atoms. The van der Waals surface area contributed by atoms with Gasteiger partial charge < -0.3 is 9.47 Å². The van der Waals surface area contributed by atoms with Crippen molar-refractivity contribution in [3.63, 3.8) is 0 Å². The number of rotatable bonds is 3. The number of hydrogen-bond acceptors (Lipinski definition) is 2. The maximum absolute atomic E-state index is 5.55. The van der Waals surface area contributed by atoms with Crippen LogP contribution >= 0.6 is 0 Å². The summed E-state index contributed by atoms with van der Waals surface area (Å²) >= 11 is 0. The van der Waals surface area contributed by atoms with E-state index in [0.29, 0.717) is 6.61 Å². The monoisotopic (exact) mass is 201 g/mol. The number of ether oxygens (including phenoxy) is 2. The van der Waals surface area contributed by atoms with Crippen LogP contribution in [0.3, 0.4) is 0 Å². The molecule has 15 heavy (non-hydrogen) atoms. The molecule has 0 N–H and O–H groups in total. The Morgan fingerprint density at radius 3 is 3.00 bits per heavy atom. The third-order valence-electron chi connectivity index (χ3n) is 2.18. The van der Waals surface area contributed by atoms with Gasteiger partial charge in [-0.1, -0.05) is 18.2 Å². The fourth-order valence-electron chi connectivity index (χ4n) is 1.52. The van der Waals surface area contributed by atoms with Crippen LogP contribution in [-0.2, 0) is 4.74 Å². The van der Waals surface area contributed by atoms with Crippen molar-refractivity contribution in [3.05, 3.63) is 48.4 Å². The molecule has 1 aromatic rings. The Bertz CT molecular complexity index is 391. The molecule has 0 aromatic heterocycles. The highest BCUT2D eigenvalue weighted by atomic mass is 16.5. The van der Waals surface area contributed by atoms with E-state index in [1.807, 2.05) is 37.3 Å². The van der Waals surface area contributed by atoms with E-state index in [4.69, 9.17) is 9.47 Å². The van der Waals surface area contributed by atoms with Gasteiger partial charge in [0.15, 0.2) is 6.26 Å². The zero-order chi connectivity index (χ0) is 10.5. The third kappa shape index (κ3) is 2.21. The number of allylic oxidation sites excluding steroid dienone is 2. The zero-order valence-electron chi connectivity index (χ0n) is 8.69. The van der Waals surface area contributed by atoms with Crippen molar-refractivity contribution < 1.29 is 9.47 Å². The maximum Gasteiger partial charge on any atom is 0.173 e. The van der Waals surface area contributed by atoms with E-state index in [9.17, 15) is 0 Å². The highest BCUT2D eigenvalue weighted by molar-refractivity contribution is 5.69. The van der Waals surface area contributed by atoms with Gasteiger partial charge in [0.05, 0.1) is 12.9 Å². The van der Waals surface area contributed by atoms with Gasteiger partial charge in [0.2, 0.25) is 0 Å². The maximum atomic E-state index is 5.55. The van der Waals surface area contributed by atoms with E-state index in [-0.39, 0.29) is 0 Å². The van der Waals surface area contributed by atoms with Crippen LogP contribution in [0.4, 0.5) is 0 Å². The van der Waals surface area contributed by atoms with Gasteiger partial charge >= 0.3 is 0 Å². The fraction of sp³-hybridized carbons (Fsp3) is 0.231. The van der Waals surface area contributed by atoms with Crippen molar-refractivity contribution in [2.75, 3.05) is 6.61 Å². The molecule has 0 unspecified atom stereocenters. The van der Waals surface area contributed by atoms with E-state index in [1.165, 1.54) is 0 Å². The molecule has 1 aliphatic rings. The molecule has 2 heteroatoms. The molecule has 0 atom stereocenters. The van der Waals surface area contributed by atoms with Crippen LogP contribution in [-0.4, -0.2) is 6.61 Å². The number of hydrogen-bond donors (Lipinski definition) is 0. The van der Waals surface area contributed by atoms with Crippen molar-refractivity contribution >= 4 is 5.57 Å². The highest BCUT2D eigenvalue weighted by Gasteiger charge is 2.09. The van der Waals surface area contributed by atoms with Crippen LogP contribution < -0.4 is 4.74 Å². The summed E-state index contributed by atoms with van der Waals surface area (Å²) in [5.41, 5.74) is 2.09. The fourth-order valence-corrected chi connectivity index (χ4v) is 1.52. The molecular weight excluding hydrogens is 188 g/mol. The second kappa shape index (κ2) is 4.69. The first kappa shape index (κ1) is 9.84. The molecule has 1 radical (unpaired) electrons. The minimum Gasteiger partial charge on any atom is -0.493 e. The van der Waals surface area contributed by atoms with E-state index in [1.54, 1.807) is 6.26 Å². The molecule has 1 aromatic carbocycles. The minimum absolute atomic E-state index is 0.668. The summed E-state index contributed by atoms with van der Waals surface area (Å²) in [6.45, 7) is 2.65. The molecule has 0 fully saturated rings. The predicted octanol–water partition coefficient (Wildman–Crippen LogP) is 3.16. The van der Waals surface area contributed by atoms with Gasteiger partial charge in [-0.05, 0) is 25.5 Å². The van der Waals surface area contributed by atoms with Crippen molar-refractivity contribution in [3.8, 4) is 5.75 Å². The average Bonchev–Trinajstić information content (AvgIpc) is 2.31. The lowest BCUT2D eigenvalue weighted by atomic mass is 10.0. The van der Waals surface area contributed by atoms with Gasteiger partial charge in [-0.25, -0.2) is 0 Å². The van der Waals surface area contributed by atoms with Crippen molar-refractivity contribution in [1.29, 1.82) is 0 Å². The van der Waals surface area contributed by atoms with Gasteiger partial charge in [0.25, 0.3) is 0 Å².